The SMILES string of the molecule is [2H]C([2H])([2H])CC(N)C(=O)O. The predicted molar refractivity (Wildman–Crippen MR) is 25.9 cm³/mol. The smallest absolute Gasteiger partial charge is 0.320 e. The Morgan fingerprint density at radius 2 is 2.86 bits per heavy atom. The zero-order valence-corrected chi connectivity index (χ0v) is 3.72. The van der Waals surface area contributed by atoms with Crippen LogP contribution in [0, 0.1) is 0 Å². The monoisotopic (exact) mass is 106 g/mol. The molecule has 0 aromatic carbocycles. The molecule has 0 aliphatic carbocycles. The predicted octanol–water partition coefficient (Wildman–Crippen LogP) is -0.192. The lowest BCUT2D eigenvalue weighted by Crippen LogP contribution is -2.28. The normalized spacial score (nSPS) is 21.6. The first-order valence-corrected chi connectivity index (χ1v) is 1.81. The van der Waals surface area contributed by atoms with Crippen molar-refractivity contribution in [2.45, 2.75) is 19.3 Å². The summed E-state index contributed by atoms with van der Waals surface area (Å²) >= 11 is 0. The molecule has 0 radical (unpaired) electrons. The lowest BCUT2D eigenvalue weighted by molar-refractivity contribution is -0.138. The summed E-state index contributed by atoms with van der Waals surface area (Å²) in [7, 11) is 0. The van der Waals surface area contributed by atoms with Gasteiger partial charge in [0.05, 0.1) is 0 Å². The molecule has 0 fully saturated rings. The molecule has 3 heteroatoms. The molecule has 3 N–H and O–H groups in total. The Balaban J connectivity index is 3.80. The zero-order valence-electron chi connectivity index (χ0n) is 6.72. The molecule has 7 heavy (non-hydrogen) atoms. The molecule has 0 rings (SSSR count). The molecule has 0 saturated carbocycles. The number of nitrogens with two attached hydrogens (primary N) is 1. The van der Waals surface area contributed by atoms with E-state index in [4.69, 9.17) is 15.0 Å². The minimum atomic E-state index is -2.25. The van der Waals surface area contributed by atoms with Crippen molar-refractivity contribution in [1.82, 2.24) is 0 Å². The van der Waals surface area contributed by atoms with Gasteiger partial charge in [-0.1, -0.05) is 6.85 Å². The van der Waals surface area contributed by atoms with Gasteiger partial charge in [-0.05, 0) is 6.42 Å². The number of rotatable bonds is 2. The van der Waals surface area contributed by atoms with Crippen LogP contribution in [0.4, 0.5) is 0 Å². The first kappa shape index (κ1) is 2.67. The largest absolute Gasteiger partial charge is 0.480 e. The molecule has 0 aliphatic heterocycles. The molecule has 42 valence electrons. The van der Waals surface area contributed by atoms with Gasteiger partial charge in [0, 0.05) is 4.11 Å². The molecule has 0 heterocycles. The summed E-state index contributed by atoms with van der Waals surface area (Å²) in [4.78, 5) is 10.0. The molecule has 3 nitrogen and oxygen atoms in total. The topological polar surface area (TPSA) is 63.3 Å². The Morgan fingerprint density at radius 1 is 2.29 bits per heavy atom. The average molecular weight is 106 g/mol. The Bertz CT molecular complexity index is 133. The summed E-state index contributed by atoms with van der Waals surface area (Å²) in [5.41, 5.74) is 4.94. The number of carboxylic acid groups (broad SMARTS) is 1. The van der Waals surface area contributed by atoms with Crippen LogP contribution in [0.2, 0.25) is 0 Å². The standard InChI is InChI=1S/C4H9NO2/c1-2-3(5)4(6)7/h3H,2,5H2,1H3,(H,6,7)/i1D3. The van der Waals surface area contributed by atoms with Gasteiger partial charge in [-0.2, -0.15) is 0 Å². The van der Waals surface area contributed by atoms with E-state index in [1.807, 2.05) is 0 Å². The second-order valence-corrected chi connectivity index (χ2v) is 1.15. The summed E-state index contributed by atoms with van der Waals surface area (Å²) in [5, 5.41) is 8.17. The van der Waals surface area contributed by atoms with Gasteiger partial charge >= 0.3 is 5.97 Å². The molecule has 0 spiro atoms. The molecule has 0 saturated heterocycles. The van der Waals surface area contributed by atoms with Crippen molar-refractivity contribution in [2.24, 2.45) is 5.73 Å². The van der Waals surface area contributed by atoms with Crippen molar-refractivity contribution < 1.29 is 14.0 Å². The highest BCUT2D eigenvalue weighted by molar-refractivity contribution is 5.72. The summed E-state index contributed by atoms with van der Waals surface area (Å²) in [5.74, 6) is -1.28. The number of hydrogen-bond acceptors (Lipinski definition) is 2. The number of carboxylic acids is 1. The van der Waals surface area contributed by atoms with Gasteiger partial charge in [-0.15, -0.1) is 0 Å². The fraction of sp³-hybridized carbons (Fsp3) is 0.750. The summed E-state index contributed by atoms with van der Waals surface area (Å²) < 4.78 is 19.9. The van der Waals surface area contributed by atoms with Crippen LogP contribution in [0.25, 0.3) is 0 Å². The quantitative estimate of drug-likeness (QED) is 0.512. The molecule has 0 aromatic heterocycles. The van der Waals surface area contributed by atoms with E-state index in [0.717, 1.165) is 0 Å². The van der Waals surface area contributed by atoms with Crippen LogP contribution >= 0.6 is 0 Å². The van der Waals surface area contributed by atoms with E-state index in [2.05, 4.69) is 0 Å². The molecule has 0 amide bonds. The van der Waals surface area contributed by atoms with Crippen LogP contribution in [0.5, 0.6) is 0 Å². The fourth-order valence-corrected chi connectivity index (χ4v) is 0.0873. The van der Waals surface area contributed by atoms with Crippen molar-refractivity contribution in [3.63, 3.8) is 0 Å². The van der Waals surface area contributed by atoms with Crippen molar-refractivity contribution in [1.29, 1.82) is 0 Å². The van der Waals surface area contributed by atoms with Gasteiger partial charge in [0.1, 0.15) is 6.04 Å². The summed E-state index contributed by atoms with van der Waals surface area (Å²) in [6, 6.07) is -1.28. The van der Waals surface area contributed by atoms with Gasteiger partial charge in [0.2, 0.25) is 0 Å². The van der Waals surface area contributed by atoms with Gasteiger partial charge in [0.15, 0.2) is 0 Å². The zero-order chi connectivity index (χ0) is 8.36. The molecule has 1 atom stereocenters. The van der Waals surface area contributed by atoms with Crippen LogP contribution in [0.15, 0.2) is 0 Å². The third kappa shape index (κ3) is 2.17. The maximum Gasteiger partial charge on any atom is 0.320 e. The van der Waals surface area contributed by atoms with Crippen molar-refractivity contribution in [3.05, 3.63) is 0 Å². The van der Waals surface area contributed by atoms with E-state index in [-0.39, 0.29) is 0 Å². The van der Waals surface area contributed by atoms with Crippen LogP contribution < -0.4 is 5.73 Å². The summed E-state index contributed by atoms with van der Waals surface area (Å²) in [6.07, 6.45) is -0.484. The maximum atomic E-state index is 10.0. The molecule has 0 aromatic rings. The van der Waals surface area contributed by atoms with Crippen LogP contribution in [-0.4, -0.2) is 17.1 Å². The molecular weight excluding hydrogens is 94.0 g/mol. The van der Waals surface area contributed by atoms with Gasteiger partial charge < -0.3 is 10.8 Å². The van der Waals surface area contributed by atoms with E-state index >= 15 is 0 Å². The van der Waals surface area contributed by atoms with Crippen molar-refractivity contribution in [2.75, 3.05) is 0 Å². The first-order valence-electron chi connectivity index (χ1n) is 3.31. The molecule has 1 unspecified atom stereocenters. The second-order valence-electron chi connectivity index (χ2n) is 1.15. The highest BCUT2D eigenvalue weighted by Crippen LogP contribution is 1.82. The van der Waals surface area contributed by atoms with E-state index in [1.165, 1.54) is 0 Å². The van der Waals surface area contributed by atoms with Crippen molar-refractivity contribution in [3.8, 4) is 0 Å². The lowest BCUT2D eigenvalue weighted by Gasteiger charge is -1.97. The van der Waals surface area contributed by atoms with Crippen molar-refractivity contribution >= 4 is 5.97 Å². The third-order valence-electron chi connectivity index (χ3n) is 0.537. The second kappa shape index (κ2) is 2.58. The molecule has 0 bridgehead atoms. The molecular formula is C4H9NO2. The van der Waals surface area contributed by atoms with Crippen LogP contribution in [0.3, 0.4) is 0 Å². The lowest BCUT2D eigenvalue weighted by atomic mass is 10.2. The van der Waals surface area contributed by atoms with E-state index in [1.54, 1.807) is 0 Å². The number of hydrogen-bond donors (Lipinski definition) is 2. The van der Waals surface area contributed by atoms with Gasteiger partial charge in [-0.25, -0.2) is 0 Å². The average Bonchev–Trinajstić information content (AvgIpc) is 1.60. The summed E-state index contributed by atoms with van der Waals surface area (Å²) in [6.45, 7) is -2.25. The Hall–Kier alpha value is -0.570. The highest BCUT2D eigenvalue weighted by atomic mass is 16.4. The van der Waals surface area contributed by atoms with E-state index in [9.17, 15) is 4.79 Å². The minimum absolute atomic E-state index is 0.484. The third-order valence-corrected chi connectivity index (χ3v) is 0.537. The number of aliphatic carboxylic acids is 1. The first-order chi connectivity index (χ1) is 4.33. The maximum absolute atomic E-state index is 10.0. The van der Waals surface area contributed by atoms with E-state index in [0.29, 0.717) is 0 Å². The highest BCUT2D eigenvalue weighted by Gasteiger charge is 2.05. The van der Waals surface area contributed by atoms with Crippen LogP contribution in [0.1, 0.15) is 17.4 Å². The Labute approximate surface area is 46.3 Å². The molecule has 0 aliphatic rings. The number of carbonyl (C=O) groups is 1. The Morgan fingerprint density at radius 3 is 3.00 bits per heavy atom. The van der Waals surface area contributed by atoms with E-state index < -0.39 is 25.3 Å². The van der Waals surface area contributed by atoms with Gasteiger partial charge in [0.25, 0.3) is 0 Å². The van der Waals surface area contributed by atoms with Gasteiger partial charge in [-0.3, -0.25) is 4.79 Å². The minimum Gasteiger partial charge on any atom is -0.480 e. The fourth-order valence-electron chi connectivity index (χ4n) is 0.0873. The Kier molecular flexibility index (Phi) is 0.982. The van der Waals surface area contributed by atoms with Crippen LogP contribution in [-0.2, 0) is 4.79 Å².